The minimum absolute atomic E-state index is 0.0953. The highest BCUT2D eigenvalue weighted by molar-refractivity contribution is 6.82. The molecule has 0 N–H and O–H groups in total. The Labute approximate surface area is 161 Å². The van der Waals surface area contributed by atoms with Gasteiger partial charge in [-0.15, -0.1) is 69.6 Å². The molecular formula is C10H24Cl6Si4. The average Bonchev–Trinajstić information content (AvgIpc) is 2.27. The Morgan fingerprint density at radius 1 is 0.650 bits per heavy atom. The summed E-state index contributed by atoms with van der Waals surface area (Å²) in [6.45, 7) is 2.51. The lowest BCUT2D eigenvalue weighted by molar-refractivity contribution is 1.15. The maximum atomic E-state index is 5.88. The van der Waals surface area contributed by atoms with Gasteiger partial charge < -0.3 is 0 Å². The highest BCUT2D eigenvalue weighted by Crippen LogP contribution is 2.28. The fraction of sp³-hybridized carbons (Fsp3) is 1.00. The van der Waals surface area contributed by atoms with Crippen molar-refractivity contribution in [3.05, 3.63) is 0 Å². The Kier molecular flexibility index (Phi) is 14.7. The fourth-order valence-electron chi connectivity index (χ4n) is 2.42. The van der Waals surface area contributed by atoms with Gasteiger partial charge in [-0.25, -0.2) is 0 Å². The molecule has 0 aromatic rings. The van der Waals surface area contributed by atoms with E-state index in [1.807, 2.05) is 0 Å². The van der Waals surface area contributed by atoms with Crippen LogP contribution >= 0.6 is 69.6 Å². The molecule has 0 atom stereocenters. The van der Waals surface area contributed by atoms with Gasteiger partial charge in [0.15, 0.2) is 0 Å². The van der Waals surface area contributed by atoms with Gasteiger partial charge in [-0.2, -0.15) is 0 Å². The van der Waals surface area contributed by atoms with E-state index in [0.29, 0.717) is 0 Å². The van der Waals surface area contributed by atoms with Gasteiger partial charge in [-0.1, -0.05) is 42.8 Å². The zero-order valence-electron chi connectivity index (χ0n) is 11.9. The molecule has 0 nitrogen and oxygen atoms in total. The Morgan fingerprint density at radius 2 is 0.900 bits per heavy atom. The van der Waals surface area contributed by atoms with Crippen molar-refractivity contribution in [3.8, 4) is 0 Å². The molecule has 0 bridgehead atoms. The van der Waals surface area contributed by atoms with Gasteiger partial charge >= 0.3 is 0 Å². The number of hydrogen-bond donors (Lipinski definition) is 0. The molecule has 0 saturated heterocycles. The predicted octanol–water partition coefficient (Wildman–Crippen LogP) is 4.11. The summed E-state index contributed by atoms with van der Waals surface area (Å²) in [7, 11) is -2.18. The van der Waals surface area contributed by atoms with Gasteiger partial charge in [0.2, 0.25) is 0 Å². The molecule has 0 fully saturated rings. The molecule has 0 aliphatic rings. The summed E-state index contributed by atoms with van der Waals surface area (Å²) in [5, 5.41) is 0. The van der Waals surface area contributed by atoms with Gasteiger partial charge in [0.05, 0.1) is 41.9 Å². The number of rotatable bonds is 12. The molecular weight excluding hydrogens is 445 g/mol. The Hall–Kier alpha value is 2.61. The number of halogens is 6. The van der Waals surface area contributed by atoms with Gasteiger partial charge in [0, 0.05) is 8.07 Å². The standard InChI is InChI=1S/C10H24Cl6Si4/c1-20(5-2-17-8(11)12,6-3-18-9(13)14)7-4-19-10(15)16/h8-10H,2-7,17-19H2,1H3. The maximum Gasteiger partial charge on any atom is 0.0907 e. The first kappa shape index (κ1) is 22.6. The lowest BCUT2D eigenvalue weighted by Crippen LogP contribution is -2.31. The molecule has 10 heteroatoms. The van der Waals surface area contributed by atoms with E-state index in [9.17, 15) is 0 Å². The van der Waals surface area contributed by atoms with Crippen molar-refractivity contribution in [2.75, 3.05) is 0 Å². The van der Waals surface area contributed by atoms with Crippen LogP contribution in [0.4, 0.5) is 0 Å². The van der Waals surface area contributed by atoms with E-state index in [0.717, 1.165) is 0 Å². The summed E-state index contributed by atoms with van der Waals surface area (Å²) in [4.78, 5) is 0. The minimum atomic E-state index is -1.20. The van der Waals surface area contributed by atoms with Crippen molar-refractivity contribution >= 4 is 106 Å². The first-order chi connectivity index (χ1) is 9.25. The van der Waals surface area contributed by atoms with Crippen LogP contribution < -0.4 is 0 Å². The van der Waals surface area contributed by atoms with Crippen LogP contribution in [0.15, 0.2) is 0 Å². The minimum Gasteiger partial charge on any atom is -0.110 e. The van der Waals surface area contributed by atoms with Gasteiger partial charge in [0.25, 0.3) is 0 Å². The van der Waals surface area contributed by atoms with Crippen LogP contribution in [-0.2, 0) is 0 Å². The predicted molar refractivity (Wildman–Crippen MR) is 113 cm³/mol. The van der Waals surface area contributed by atoms with E-state index in [2.05, 4.69) is 6.55 Å². The Balaban J connectivity index is 4.18. The van der Waals surface area contributed by atoms with E-state index < -0.39 is 8.07 Å². The van der Waals surface area contributed by atoms with E-state index >= 15 is 0 Å². The second-order valence-electron chi connectivity index (χ2n) is 5.66. The van der Waals surface area contributed by atoms with Crippen molar-refractivity contribution in [2.24, 2.45) is 0 Å². The third kappa shape index (κ3) is 14.2. The van der Waals surface area contributed by atoms with Crippen LogP contribution in [0, 0.1) is 0 Å². The second-order valence-corrected chi connectivity index (χ2v) is 24.0. The Bertz CT molecular complexity index is 206. The molecule has 0 aliphatic heterocycles. The molecule has 0 rings (SSSR count). The average molecular weight is 469 g/mol. The van der Waals surface area contributed by atoms with E-state index in [1.165, 1.54) is 36.3 Å². The van der Waals surface area contributed by atoms with Crippen molar-refractivity contribution in [1.29, 1.82) is 0 Å². The van der Waals surface area contributed by atoms with Crippen LogP contribution in [0.25, 0.3) is 0 Å². The molecule has 0 aromatic carbocycles. The van der Waals surface area contributed by atoms with Gasteiger partial charge in [-0.3, -0.25) is 0 Å². The Morgan fingerprint density at radius 3 is 1.10 bits per heavy atom. The molecule has 0 amide bonds. The molecule has 0 radical (unpaired) electrons. The first-order valence-corrected chi connectivity index (χ1v) is 18.3. The summed E-state index contributed by atoms with van der Waals surface area (Å²) in [6, 6.07) is 7.84. The van der Waals surface area contributed by atoms with Crippen LogP contribution in [-0.4, -0.2) is 50.0 Å². The fourth-order valence-corrected chi connectivity index (χ4v) is 19.6. The zero-order valence-corrected chi connectivity index (χ0v) is 21.6. The molecule has 0 spiro atoms. The quantitative estimate of drug-likeness (QED) is 0.298. The molecule has 0 aromatic heterocycles. The SMILES string of the molecule is C[Si](CC[SiH2]C(Cl)Cl)(CC[SiH2]C(Cl)Cl)CC[SiH2]C(Cl)Cl. The largest absolute Gasteiger partial charge is 0.110 e. The van der Waals surface area contributed by atoms with E-state index in [1.54, 1.807) is 0 Å². The van der Waals surface area contributed by atoms with E-state index in [4.69, 9.17) is 69.6 Å². The lowest BCUT2D eigenvalue weighted by Gasteiger charge is -2.28. The topological polar surface area (TPSA) is 0 Å². The smallest absolute Gasteiger partial charge is 0.0907 e. The van der Waals surface area contributed by atoms with Crippen molar-refractivity contribution in [3.63, 3.8) is 0 Å². The molecule has 0 unspecified atom stereocenters. The molecule has 20 heavy (non-hydrogen) atoms. The highest BCUT2D eigenvalue weighted by Gasteiger charge is 2.26. The third-order valence-corrected chi connectivity index (χ3v) is 17.9. The number of hydrogen-bond acceptors (Lipinski definition) is 0. The van der Waals surface area contributed by atoms with Crippen molar-refractivity contribution in [1.82, 2.24) is 0 Å². The van der Waals surface area contributed by atoms with E-state index in [-0.39, 0.29) is 41.9 Å². The molecule has 0 saturated carbocycles. The van der Waals surface area contributed by atoms with Crippen molar-refractivity contribution in [2.45, 2.75) is 56.2 Å². The van der Waals surface area contributed by atoms with Crippen LogP contribution in [0.3, 0.4) is 0 Å². The molecule has 0 heterocycles. The first-order valence-electron chi connectivity index (χ1n) is 7.09. The lowest BCUT2D eigenvalue weighted by atomic mass is 10.9. The normalized spacial score (nSPS) is 17.1. The van der Waals surface area contributed by atoms with Gasteiger partial charge in [-0.05, 0) is 0 Å². The highest BCUT2D eigenvalue weighted by atomic mass is 35.5. The number of alkyl halides is 6. The summed E-state index contributed by atoms with van der Waals surface area (Å²) in [5.41, 5.74) is 0. The maximum absolute atomic E-state index is 5.88. The summed E-state index contributed by atoms with van der Waals surface area (Å²) in [5.74, 6) is 0. The zero-order chi connectivity index (χ0) is 15.6. The molecule has 122 valence electrons. The monoisotopic (exact) mass is 466 g/mol. The summed E-state index contributed by atoms with van der Waals surface area (Å²) in [6.07, 6.45) is 0. The van der Waals surface area contributed by atoms with Crippen LogP contribution in [0.5, 0.6) is 0 Å². The van der Waals surface area contributed by atoms with Crippen LogP contribution in [0.2, 0.25) is 42.8 Å². The second kappa shape index (κ2) is 13.0. The summed E-state index contributed by atoms with van der Waals surface area (Å²) < 4.78 is -0.286. The van der Waals surface area contributed by atoms with Gasteiger partial charge in [0.1, 0.15) is 0 Å². The van der Waals surface area contributed by atoms with Crippen LogP contribution in [0.1, 0.15) is 0 Å². The molecule has 0 aliphatic carbocycles. The van der Waals surface area contributed by atoms with Crippen molar-refractivity contribution < 1.29 is 0 Å². The summed E-state index contributed by atoms with van der Waals surface area (Å²) >= 11 is 35.3. The third-order valence-electron chi connectivity index (χ3n) is 3.61.